The maximum Gasteiger partial charge on any atom is 0.534 e. The molecule has 160 valence electrons. The summed E-state index contributed by atoms with van der Waals surface area (Å²) in [6.45, 7) is 7.84. The molecule has 1 atom stereocenters. The zero-order valence-electron chi connectivity index (χ0n) is 16.4. The number of benzene rings is 2. The second-order valence-electron chi connectivity index (χ2n) is 7.54. The Hall–Kier alpha value is -2.33. The number of carboxylic acid groups (broad SMARTS) is 1. The summed E-state index contributed by atoms with van der Waals surface area (Å²) in [5, 5.41) is 10.1. The summed E-state index contributed by atoms with van der Waals surface area (Å²) in [5.74, 6) is -2.21. The van der Waals surface area contributed by atoms with Crippen LogP contribution < -0.4 is 4.18 Å². The van der Waals surface area contributed by atoms with Gasteiger partial charge in [-0.1, -0.05) is 24.3 Å². The number of carboxylic acids is 1. The number of carbonyl (C=O) groups is 1. The van der Waals surface area contributed by atoms with Crippen LogP contribution in [0.4, 0.5) is 13.2 Å². The maximum absolute atomic E-state index is 13.0. The molecule has 0 saturated carbocycles. The predicted octanol–water partition coefficient (Wildman–Crippen LogP) is 4.63. The van der Waals surface area contributed by atoms with E-state index in [4.69, 9.17) is 4.74 Å². The molecule has 1 N–H and O–H groups in total. The van der Waals surface area contributed by atoms with E-state index in [1.54, 1.807) is 39.8 Å². The van der Waals surface area contributed by atoms with Crippen molar-refractivity contribution in [2.24, 2.45) is 0 Å². The van der Waals surface area contributed by atoms with Crippen LogP contribution in [0.2, 0.25) is 0 Å². The number of fused-ring (bicyclic) bond motifs is 1. The van der Waals surface area contributed by atoms with E-state index in [-0.39, 0.29) is 16.5 Å². The van der Waals surface area contributed by atoms with Gasteiger partial charge in [-0.15, -0.1) is 0 Å². The molecule has 0 aliphatic heterocycles. The van der Waals surface area contributed by atoms with Crippen molar-refractivity contribution in [3.8, 4) is 5.75 Å². The largest absolute Gasteiger partial charge is 0.534 e. The Bertz CT molecular complexity index is 1050. The summed E-state index contributed by atoms with van der Waals surface area (Å²) >= 11 is 0. The van der Waals surface area contributed by atoms with Gasteiger partial charge >= 0.3 is 21.6 Å². The molecule has 0 amide bonds. The molecule has 2 aromatic carbocycles. The smallest absolute Gasteiger partial charge is 0.479 e. The van der Waals surface area contributed by atoms with Crippen molar-refractivity contribution in [2.45, 2.75) is 51.8 Å². The van der Waals surface area contributed by atoms with E-state index in [1.807, 2.05) is 0 Å². The van der Waals surface area contributed by atoms with Gasteiger partial charge in [0.05, 0.1) is 5.60 Å². The van der Waals surface area contributed by atoms with Gasteiger partial charge in [-0.05, 0) is 51.1 Å². The molecule has 0 spiro atoms. The molecule has 2 aromatic rings. The Morgan fingerprint density at radius 1 is 1.07 bits per heavy atom. The van der Waals surface area contributed by atoms with Gasteiger partial charge in [0.1, 0.15) is 0 Å². The molecule has 0 aliphatic rings. The summed E-state index contributed by atoms with van der Waals surface area (Å²) in [5.41, 5.74) is -6.10. The van der Waals surface area contributed by atoms with Crippen LogP contribution in [0.15, 0.2) is 24.3 Å². The number of alkyl halides is 3. The van der Waals surface area contributed by atoms with Gasteiger partial charge in [-0.2, -0.15) is 21.6 Å². The van der Waals surface area contributed by atoms with Gasteiger partial charge in [0.25, 0.3) is 0 Å². The summed E-state index contributed by atoms with van der Waals surface area (Å²) < 4.78 is 72.5. The van der Waals surface area contributed by atoms with Gasteiger partial charge in [0, 0.05) is 10.9 Å². The van der Waals surface area contributed by atoms with Crippen LogP contribution in [0.5, 0.6) is 5.75 Å². The summed E-state index contributed by atoms with van der Waals surface area (Å²) in [6, 6.07) is 6.12. The van der Waals surface area contributed by atoms with E-state index in [0.29, 0.717) is 10.9 Å². The zero-order chi connectivity index (χ0) is 22.4. The highest BCUT2D eigenvalue weighted by molar-refractivity contribution is 7.88. The number of aryl methyl sites for hydroxylation is 2. The SMILES string of the molecule is Cc1cc2c(C)cccc2c(OS(=O)(=O)C(F)(F)F)c1C(OC(C)(C)C)C(=O)O. The first-order valence-corrected chi connectivity index (χ1v) is 9.90. The van der Waals surface area contributed by atoms with Crippen molar-refractivity contribution in [3.63, 3.8) is 0 Å². The average molecular weight is 434 g/mol. The Morgan fingerprint density at radius 3 is 2.14 bits per heavy atom. The molecule has 0 aromatic heterocycles. The van der Waals surface area contributed by atoms with Crippen molar-refractivity contribution >= 4 is 26.9 Å². The van der Waals surface area contributed by atoms with Crippen LogP contribution in [0.1, 0.15) is 43.6 Å². The predicted molar refractivity (Wildman–Crippen MR) is 100 cm³/mol. The number of hydrogen-bond acceptors (Lipinski definition) is 5. The molecular formula is C19H21F3O6S. The van der Waals surface area contributed by atoms with E-state index >= 15 is 0 Å². The molecule has 0 saturated heterocycles. The van der Waals surface area contributed by atoms with Crippen LogP contribution in [-0.4, -0.2) is 30.6 Å². The Balaban J connectivity index is 2.91. The third kappa shape index (κ3) is 4.81. The monoisotopic (exact) mass is 434 g/mol. The van der Waals surface area contributed by atoms with Crippen LogP contribution in [0.3, 0.4) is 0 Å². The first-order chi connectivity index (χ1) is 13.0. The third-order valence-corrected chi connectivity index (χ3v) is 4.99. The zero-order valence-corrected chi connectivity index (χ0v) is 17.2. The lowest BCUT2D eigenvalue weighted by atomic mass is 9.94. The second kappa shape index (κ2) is 7.49. The van der Waals surface area contributed by atoms with E-state index in [0.717, 1.165) is 0 Å². The highest BCUT2D eigenvalue weighted by Crippen LogP contribution is 2.42. The van der Waals surface area contributed by atoms with Crippen LogP contribution >= 0.6 is 0 Å². The summed E-state index contributed by atoms with van der Waals surface area (Å²) in [4.78, 5) is 11.9. The number of ether oxygens (including phenoxy) is 1. The minimum atomic E-state index is -6.05. The molecule has 10 heteroatoms. The summed E-state index contributed by atoms with van der Waals surface area (Å²) in [6.07, 6.45) is -1.75. The van der Waals surface area contributed by atoms with Crippen molar-refractivity contribution in [1.82, 2.24) is 0 Å². The number of rotatable bonds is 5. The van der Waals surface area contributed by atoms with Gasteiger partial charge in [0.15, 0.2) is 11.9 Å². The molecule has 2 rings (SSSR count). The minimum Gasteiger partial charge on any atom is -0.479 e. The maximum atomic E-state index is 13.0. The average Bonchev–Trinajstić information content (AvgIpc) is 2.52. The van der Waals surface area contributed by atoms with Crippen molar-refractivity contribution in [2.75, 3.05) is 0 Å². The summed E-state index contributed by atoms with van der Waals surface area (Å²) in [7, 11) is -6.05. The van der Waals surface area contributed by atoms with Gasteiger partial charge < -0.3 is 14.0 Å². The van der Waals surface area contributed by atoms with Gasteiger partial charge in [0.2, 0.25) is 0 Å². The molecule has 0 radical (unpaired) electrons. The highest BCUT2D eigenvalue weighted by atomic mass is 32.2. The van der Waals surface area contributed by atoms with Gasteiger partial charge in [-0.3, -0.25) is 0 Å². The van der Waals surface area contributed by atoms with E-state index in [2.05, 4.69) is 4.18 Å². The molecule has 0 aliphatic carbocycles. The highest BCUT2D eigenvalue weighted by Gasteiger charge is 2.49. The number of aliphatic carboxylic acids is 1. The number of halogens is 3. The quantitative estimate of drug-likeness (QED) is 0.545. The lowest BCUT2D eigenvalue weighted by Crippen LogP contribution is -2.31. The fraction of sp³-hybridized carbons (Fsp3) is 0.421. The van der Waals surface area contributed by atoms with E-state index in [9.17, 15) is 31.5 Å². The van der Waals surface area contributed by atoms with Gasteiger partial charge in [-0.25, -0.2) is 4.79 Å². The molecule has 0 bridgehead atoms. The topological polar surface area (TPSA) is 89.9 Å². The molecule has 0 heterocycles. The minimum absolute atomic E-state index is 0.0298. The molecule has 6 nitrogen and oxygen atoms in total. The first-order valence-electron chi connectivity index (χ1n) is 8.49. The molecule has 1 unspecified atom stereocenters. The molecule has 29 heavy (non-hydrogen) atoms. The Labute approximate surface area is 166 Å². The lowest BCUT2D eigenvalue weighted by Gasteiger charge is -2.28. The van der Waals surface area contributed by atoms with Crippen molar-refractivity contribution in [3.05, 3.63) is 41.0 Å². The van der Waals surface area contributed by atoms with E-state index in [1.165, 1.54) is 19.1 Å². The standard InChI is InChI=1S/C19H21F3O6S/c1-10-7-6-8-12-13(10)9-11(2)14(16(17(23)24)27-18(3,4)5)15(12)28-29(25,26)19(20,21)22/h6-9,16H,1-5H3,(H,23,24). The first kappa shape index (κ1) is 23.0. The number of hydrogen-bond donors (Lipinski definition) is 1. The lowest BCUT2D eigenvalue weighted by molar-refractivity contribution is -0.160. The van der Waals surface area contributed by atoms with Crippen LogP contribution in [0.25, 0.3) is 10.8 Å². The van der Waals surface area contributed by atoms with Crippen LogP contribution in [-0.2, 0) is 19.6 Å². The van der Waals surface area contributed by atoms with Crippen molar-refractivity contribution in [1.29, 1.82) is 0 Å². The van der Waals surface area contributed by atoms with Crippen LogP contribution in [0, 0.1) is 13.8 Å². The van der Waals surface area contributed by atoms with E-state index < -0.39 is 39.1 Å². The third-order valence-electron chi connectivity index (χ3n) is 4.03. The molecule has 0 fully saturated rings. The Kier molecular flexibility index (Phi) is 5.93. The fourth-order valence-corrected chi connectivity index (χ4v) is 3.34. The normalized spacial score (nSPS) is 14.1. The Morgan fingerprint density at radius 2 is 1.66 bits per heavy atom. The van der Waals surface area contributed by atoms with Crippen molar-refractivity contribution < 1.29 is 40.4 Å². The second-order valence-corrected chi connectivity index (χ2v) is 9.08. The fourth-order valence-electron chi connectivity index (χ4n) is 2.85. The molecular weight excluding hydrogens is 413 g/mol.